The lowest BCUT2D eigenvalue weighted by Crippen LogP contribution is -2.23. The lowest BCUT2D eigenvalue weighted by Gasteiger charge is -2.35. The fourth-order valence-electron chi connectivity index (χ4n) is 7.10. The minimum absolute atomic E-state index is 0.154. The molecular formula is C38H42F4. The van der Waals surface area contributed by atoms with Gasteiger partial charge in [0.05, 0.1) is 0 Å². The smallest absolute Gasteiger partial charge is 0.167 e. The highest BCUT2D eigenvalue weighted by Gasteiger charge is 2.29. The van der Waals surface area contributed by atoms with Crippen LogP contribution in [0, 0.1) is 41.0 Å². The number of halogens is 4. The van der Waals surface area contributed by atoms with Crippen molar-refractivity contribution in [2.45, 2.75) is 84.5 Å². The van der Waals surface area contributed by atoms with E-state index < -0.39 is 23.3 Å². The van der Waals surface area contributed by atoms with Gasteiger partial charge in [0.2, 0.25) is 0 Å². The first-order valence-electron chi connectivity index (χ1n) is 15.8. The first kappa shape index (κ1) is 30.3. The second-order valence-corrected chi connectivity index (χ2v) is 12.2. The third kappa shape index (κ3) is 6.58. The van der Waals surface area contributed by atoms with Gasteiger partial charge in [0, 0.05) is 16.7 Å². The molecule has 4 heteroatoms. The van der Waals surface area contributed by atoms with E-state index in [1.54, 1.807) is 48.5 Å². The fourth-order valence-corrected chi connectivity index (χ4v) is 7.10. The Morgan fingerprint density at radius 2 is 1.29 bits per heavy atom. The van der Waals surface area contributed by atoms with Crippen molar-refractivity contribution >= 4 is 5.57 Å². The van der Waals surface area contributed by atoms with Crippen molar-refractivity contribution in [2.75, 3.05) is 0 Å². The number of aryl methyl sites for hydroxylation is 1. The van der Waals surface area contributed by atoms with Crippen LogP contribution in [0.15, 0.2) is 66.8 Å². The molecule has 5 rings (SSSR count). The standard InChI is InChI=1S/C38H42F4/c1-3-5-6-8-25-9-11-26(12-10-25)27-13-15-28(16-14-27)33-23-24-34(38(42)37(33)41)30-19-17-29(18-20-30)32-22-21-31(7-4-2)35(39)36(32)40/h3,5,15,17-27H,4,6-14,16H2,1-2H3. The van der Waals surface area contributed by atoms with Crippen molar-refractivity contribution in [3.63, 3.8) is 0 Å². The fraction of sp³-hybridized carbons (Fsp3) is 0.421. The number of benzene rings is 3. The van der Waals surface area contributed by atoms with E-state index in [9.17, 15) is 8.78 Å². The van der Waals surface area contributed by atoms with Crippen molar-refractivity contribution < 1.29 is 17.6 Å². The maximum Gasteiger partial charge on any atom is 0.167 e. The lowest BCUT2D eigenvalue weighted by atomic mass is 9.70. The quantitative estimate of drug-likeness (QED) is 0.176. The van der Waals surface area contributed by atoms with Gasteiger partial charge < -0.3 is 0 Å². The third-order valence-electron chi connectivity index (χ3n) is 9.60. The van der Waals surface area contributed by atoms with E-state index in [2.05, 4.69) is 25.2 Å². The second-order valence-electron chi connectivity index (χ2n) is 12.2. The van der Waals surface area contributed by atoms with Gasteiger partial charge in [-0.15, -0.1) is 0 Å². The summed E-state index contributed by atoms with van der Waals surface area (Å²) in [6, 6.07) is 13.0. The summed E-state index contributed by atoms with van der Waals surface area (Å²) < 4.78 is 60.0. The van der Waals surface area contributed by atoms with E-state index in [1.807, 2.05) is 6.92 Å². The van der Waals surface area contributed by atoms with Crippen LogP contribution in [0.25, 0.3) is 27.8 Å². The highest BCUT2D eigenvalue weighted by Crippen LogP contribution is 2.43. The normalized spacial score (nSPS) is 21.1. The minimum Gasteiger partial charge on any atom is -0.203 e. The topological polar surface area (TPSA) is 0 Å². The van der Waals surface area contributed by atoms with Crippen molar-refractivity contribution in [1.29, 1.82) is 0 Å². The summed E-state index contributed by atoms with van der Waals surface area (Å²) in [4.78, 5) is 0. The van der Waals surface area contributed by atoms with Crippen LogP contribution in [0.1, 0.15) is 89.2 Å². The van der Waals surface area contributed by atoms with E-state index in [0.29, 0.717) is 34.6 Å². The van der Waals surface area contributed by atoms with Crippen molar-refractivity contribution in [3.05, 3.63) is 101 Å². The number of hydrogen-bond acceptors (Lipinski definition) is 0. The number of hydrogen-bond donors (Lipinski definition) is 0. The molecule has 1 saturated carbocycles. The Morgan fingerprint density at radius 1 is 0.690 bits per heavy atom. The largest absolute Gasteiger partial charge is 0.203 e. The van der Waals surface area contributed by atoms with Gasteiger partial charge in [-0.05, 0) is 98.3 Å². The Bertz CT molecular complexity index is 1420. The van der Waals surface area contributed by atoms with Crippen LogP contribution in [-0.2, 0) is 6.42 Å². The third-order valence-corrected chi connectivity index (χ3v) is 9.60. The molecule has 2 aliphatic rings. The molecule has 0 heterocycles. The summed E-state index contributed by atoms with van der Waals surface area (Å²) in [5.74, 6) is -1.17. The van der Waals surface area contributed by atoms with Crippen LogP contribution in [0.4, 0.5) is 17.6 Å². The Morgan fingerprint density at radius 3 is 1.88 bits per heavy atom. The van der Waals surface area contributed by atoms with Crippen LogP contribution in [0.3, 0.4) is 0 Å². The number of rotatable bonds is 9. The van der Waals surface area contributed by atoms with Gasteiger partial charge in [-0.2, -0.15) is 0 Å². The highest BCUT2D eigenvalue weighted by atomic mass is 19.2. The molecule has 0 saturated heterocycles. The first-order valence-corrected chi connectivity index (χ1v) is 15.8. The van der Waals surface area contributed by atoms with Crippen molar-refractivity contribution in [1.82, 2.24) is 0 Å². The summed E-state index contributed by atoms with van der Waals surface area (Å²) in [5, 5.41) is 0. The zero-order chi connectivity index (χ0) is 29.6. The predicted octanol–water partition coefficient (Wildman–Crippen LogP) is 11.9. The molecule has 0 N–H and O–H groups in total. The van der Waals surface area contributed by atoms with E-state index in [0.717, 1.165) is 43.1 Å². The maximum atomic E-state index is 15.4. The van der Waals surface area contributed by atoms with E-state index in [-0.39, 0.29) is 11.1 Å². The van der Waals surface area contributed by atoms with Gasteiger partial charge in [0.15, 0.2) is 23.3 Å². The molecule has 0 aliphatic heterocycles. The van der Waals surface area contributed by atoms with Crippen LogP contribution < -0.4 is 0 Å². The zero-order valence-corrected chi connectivity index (χ0v) is 24.9. The minimum atomic E-state index is -0.883. The molecule has 0 nitrogen and oxygen atoms in total. The number of allylic oxidation sites excluding steroid dienone is 4. The molecule has 0 aromatic heterocycles. The first-order chi connectivity index (χ1) is 20.4. The molecule has 2 aliphatic carbocycles. The molecule has 0 radical (unpaired) electrons. The Hall–Kier alpha value is -3.14. The van der Waals surface area contributed by atoms with Crippen LogP contribution >= 0.6 is 0 Å². The van der Waals surface area contributed by atoms with Gasteiger partial charge >= 0.3 is 0 Å². The Balaban J connectivity index is 1.25. The van der Waals surface area contributed by atoms with Crippen LogP contribution in [0.2, 0.25) is 0 Å². The lowest BCUT2D eigenvalue weighted by molar-refractivity contribution is 0.190. The molecule has 0 bridgehead atoms. The molecular weight excluding hydrogens is 532 g/mol. The van der Waals surface area contributed by atoms with Crippen LogP contribution in [-0.4, -0.2) is 0 Å². The summed E-state index contributed by atoms with van der Waals surface area (Å²) in [5.41, 5.74) is 2.89. The van der Waals surface area contributed by atoms with Gasteiger partial charge in [-0.25, -0.2) is 17.6 Å². The molecule has 42 heavy (non-hydrogen) atoms. The van der Waals surface area contributed by atoms with Crippen molar-refractivity contribution in [2.24, 2.45) is 17.8 Å². The molecule has 1 fully saturated rings. The van der Waals surface area contributed by atoms with E-state index in [4.69, 9.17) is 0 Å². The predicted molar refractivity (Wildman–Crippen MR) is 166 cm³/mol. The Labute approximate surface area is 248 Å². The average molecular weight is 575 g/mol. The summed E-state index contributed by atoms with van der Waals surface area (Å²) in [6.07, 6.45) is 18.2. The zero-order valence-electron chi connectivity index (χ0n) is 24.9. The Kier molecular flexibility index (Phi) is 10.0. The van der Waals surface area contributed by atoms with Gasteiger partial charge in [-0.3, -0.25) is 0 Å². The van der Waals surface area contributed by atoms with Gasteiger partial charge in [0.1, 0.15) is 0 Å². The maximum absolute atomic E-state index is 15.4. The van der Waals surface area contributed by atoms with E-state index in [1.165, 1.54) is 38.5 Å². The highest BCUT2D eigenvalue weighted by molar-refractivity contribution is 5.74. The molecule has 0 amide bonds. The molecule has 222 valence electrons. The molecule has 3 aromatic carbocycles. The molecule has 3 aromatic rings. The van der Waals surface area contributed by atoms with Gasteiger partial charge in [-0.1, -0.05) is 92.9 Å². The van der Waals surface area contributed by atoms with Gasteiger partial charge in [0.25, 0.3) is 0 Å². The molecule has 1 unspecified atom stereocenters. The molecule has 0 spiro atoms. The molecule has 1 atom stereocenters. The van der Waals surface area contributed by atoms with Crippen LogP contribution in [0.5, 0.6) is 0 Å². The van der Waals surface area contributed by atoms with E-state index >= 15 is 8.78 Å². The summed E-state index contributed by atoms with van der Waals surface area (Å²) in [7, 11) is 0. The second kappa shape index (κ2) is 13.9. The van der Waals surface area contributed by atoms with Crippen molar-refractivity contribution in [3.8, 4) is 22.3 Å². The SMILES string of the molecule is CC=CCCC1CCC(C2CC=C(c3ccc(-c4ccc(-c5ccc(CCC)c(F)c5F)cc4)c(F)c3F)CC2)CC1. The monoisotopic (exact) mass is 574 g/mol. The summed E-state index contributed by atoms with van der Waals surface area (Å²) >= 11 is 0. The average Bonchev–Trinajstić information content (AvgIpc) is 3.02. The summed E-state index contributed by atoms with van der Waals surface area (Å²) in [6.45, 7) is 4.00.